The van der Waals surface area contributed by atoms with E-state index in [0.717, 1.165) is 19.3 Å². The molecule has 0 bridgehead atoms. The van der Waals surface area contributed by atoms with Crippen molar-refractivity contribution in [1.29, 1.82) is 0 Å². The minimum absolute atomic E-state index is 0.0606. The number of aromatic nitrogens is 3. The number of ether oxygens (including phenoxy) is 1. The molecule has 6 nitrogen and oxygen atoms in total. The van der Waals surface area contributed by atoms with Crippen LogP contribution in [0.2, 0.25) is 0 Å². The van der Waals surface area contributed by atoms with Crippen LogP contribution in [0.15, 0.2) is 0 Å². The van der Waals surface area contributed by atoms with Crippen LogP contribution in [0.4, 0.5) is 0 Å². The molecule has 6 heteroatoms. The Morgan fingerprint density at radius 3 is 3.06 bits per heavy atom. The standard InChI is InChI=1S/C11H18N4O2/c1-3-17-9(16)8-13-10(15-14-8)11(2)6-4-5-7(11)12/h7H,3-6,12H2,1-2H3,(H,13,14,15). The Morgan fingerprint density at radius 1 is 1.71 bits per heavy atom. The third-order valence-electron chi connectivity index (χ3n) is 3.51. The first-order valence-corrected chi connectivity index (χ1v) is 5.93. The number of carbonyl (C=O) groups excluding carboxylic acids is 1. The van der Waals surface area contributed by atoms with Crippen LogP contribution in [0.1, 0.15) is 49.6 Å². The van der Waals surface area contributed by atoms with E-state index in [4.69, 9.17) is 10.5 Å². The number of aromatic amines is 1. The highest BCUT2D eigenvalue weighted by Crippen LogP contribution is 2.37. The second-order valence-corrected chi connectivity index (χ2v) is 4.64. The van der Waals surface area contributed by atoms with Crippen molar-refractivity contribution >= 4 is 5.97 Å². The van der Waals surface area contributed by atoms with Gasteiger partial charge in [0.25, 0.3) is 5.82 Å². The summed E-state index contributed by atoms with van der Waals surface area (Å²) in [5, 5.41) is 6.71. The number of rotatable bonds is 3. The Morgan fingerprint density at radius 2 is 2.47 bits per heavy atom. The van der Waals surface area contributed by atoms with Crippen LogP contribution in [0.5, 0.6) is 0 Å². The molecule has 1 aliphatic carbocycles. The maximum atomic E-state index is 11.5. The van der Waals surface area contributed by atoms with Gasteiger partial charge in [-0.25, -0.2) is 9.78 Å². The quantitative estimate of drug-likeness (QED) is 0.758. The molecule has 0 spiro atoms. The zero-order valence-corrected chi connectivity index (χ0v) is 10.2. The van der Waals surface area contributed by atoms with E-state index in [1.807, 2.05) is 0 Å². The van der Waals surface area contributed by atoms with E-state index in [2.05, 4.69) is 22.1 Å². The zero-order chi connectivity index (χ0) is 12.5. The van der Waals surface area contributed by atoms with Crippen molar-refractivity contribution in [3.8, 4) is 0 Å². The number of hydrogen-bond acceptors (Lipinski definition) is 5. The van der Waals surface area contributed by atoms with Crippen LogP contribution in [-0.2, 0) is 10.2 Å². The molecular formula is C11H18N4O2. The van der Waals surface area contributed by atoms with Crippen molar-refractivity contribution in [2.45, 2.75) is 44.6 Å². The molecule has 94 valence electrons. The molecule has 0 radical (unpaired) electrons. The third kappa shape index (κ3) is 2.04. The molecule has 1 heterocycles. The van der Waals surface area contributed by atoms with Crippen LogP contribution >= 0.6 is 0 Å². The number of hydrogen-bond donors (Lipinski definition) is 2. The molecule has 0 saturated heterocycles. The first-order valence-electron chi connectivity index (χ1n) is 5.93. The summed E-state index contributed by atoms with van der Waals surface area (Å²) in [5.74, 6) is 0.276. The lowest BCUT2D eigenvalue weighted by Gasteiger charge is -2.25. The summed E-state index contributed by atoms with van der Waals surface area (Å²) in [6.07, 6.45) is 3.02. The molecule has 17 heavy (non-hydrogen) atoms. The first kappa shape index (κ1) is 12.0. The van der Waals surface area contributed by atoms with Gasteiger partial charge in [0.2, 0.25) is 0 Å². The Bertz CT molecular complexity index is 417. The van der Waals surface area contributed by atoms with Gasteiger partial charge < -0.3 is 10.5 Å². The maximum Gasteiger partial charge on any atom is 0.378 e. The smallest absolute Gasteiger partial charge is 0.378 e. The van der Waals surface area contributed by atoms with Crippen molar-refractivity contribution in [2.75, 3.05) is 6.61 Å². The average Bonchev–Trinajstić information content (AvgIpc) is 2.88. The fraction of sp³-hybridized carbons (Fsp3) is 0.727. The van der Waals surface area contributed by atoms with Crippen LogP contribution in [0, 0.1) is 0 Å². The summed E-state index contributed by atoms with van der Waals surface area (Å²) in [6, 6.07) is 0.0606. The fourth-order valence-corrected chi connectivity index (χ4v) is 2.29. The lowest BCUT2D eigenvalue weighted by molar-refractivity contribution is 0.0512. The second-order valence-electron chi connectivity index (χ2n) is 4.64. The Hall–Kier alpha value is -1.43. The van der Waals surface area contributed by atoms with Gasteiger partial charge in [-0.15, -0.1) is 5.10 Å². The zero-order valence-electron chi connectivity index (χ0n) is 10.2. The van der Waals surface area contributed by atoms with Gasteiger partial charge >= 0.3 is 5.97 Å². The van der Waals surface area contributed by atoms with Crippen molar-refractivity contribution in [3.05, 3.63) is 11.6 Å². The largest absolute Gasteiger partial charge is 0.460 e. The lowest BCUT2D eigenvalue weighted by Crippen LogP contribution is -2.39. The molecule has 0 aliphatic heterocycles. The molecule has 2 unspecified atom stereocenters. The monoisotopic (exact) mass is 238 g/mol. The Labute approximate surface area is 99.9 Å². The number of H-pyrrole nitrogens is 1. The van der Waals surface area contributed by atoms with Gasteiger partial charge in [0, 0.05) is 11.5 Å². The number of nitrogens with zero attached hydrogens (tertiary/aromatic N) is 2. The minimum atomic E-state index is -0.495. The molecule has 1 aromatic rings. The highest BCUT2D eigenvalue weighted by Gasteiger charge is 2.41. The lowest BCUT2D eigenvalue weighted by atomic mass is 9.84. The SMILES string of the molecule is CCOC(=O)c1n[nH]c(C2(C)CCCC2N)n1. The molecule has 0 amide bonds. The minimum Gasteiger partial charge on any atom is -0.460 e. The van der Waals surface area contributed by atoms with E-state index in [1.54, 1.807) is 6.92 Å². The van der Waals surface area contributed by atoms with Gasteiger partial charge in [-0.1, -0.05) is 13.3 Å². The van der Waals surface area contributed by atoms with E-state index >= 15 is 0 Å². The van der Waals surface area contributed by atoms with E-state index in [1.165, 1.54) is 0 Å². The second kappa shape index (κ2) is 4.44. The van der Waals surface area contributed by atoms with Gasteiger partial charge in [0.1, 0.15) is 5.82 Å². The van der Waals surface area contributed by atoms with Crippen molar-refractivity contribution < 1.29 is 9.53 Å². The molecule has 1 saturated carbocycles. The van der Waals surface area contributed by atoms with Crippen LogP contribution in [-0.4, -0.2) is 33.8 Å². The normalized spacial score (nSPS) is 28.3. The molecule has 2 atom stereocenters. The van der Waals surface area contributed by atoms with Crippen LogP contribution < -0.4 is 5.73 Å². The van der Waals surface area contributed by atoms with Gasteiger partial charge in [0.15, 0.2) is 0 Å². The highest BCUT2D eigenvalue weighted by molar-refractivity contribution is 5.84. The Balaban J connectivity index is 2.21. The maximum absolute atomic E-state index is 11.5. The molecule has 0 aromatic carbocycles. The molecule has 2 rings (SSSR count). The van der Waals surface area contributed by atoms with E-state index in [-0.39, 0.29) is 17.3 Å². The predicted molar refractivity (Wildman–Crippen MR) is 61.5 cm³/mol. The summed E-state index contributed by atoms with van der Waals surface area (Å²) in [7, 11) is 0. The van der Waals surface area contributed by atoms with E-state index in [0.29, 0.717) is 12.4 Å². The summed E-state index contributed by atoms with van der Waals surface area (Å²) in [5.41, 5.74) is 5.87. The summed E-state index contributed by atoms with van der Waals surface area (Å²) in [4.78, 5) is 15.7. The number of esters is 1. The topological polar surface area (TPSA) is 93.9 Å². The van der Waals surface area contributed by atoms with Crippen molar-refractivity contribution in [2.24, 2.45) is 5.73 Å². The molecule has 1 aromatic heterocycles. The summed E-state index contributed by atoms with van der Waals surface area (Å²) in [6.45, 7) is 4.12. The predicted octanol–water partition coefficient (Wildman–Crippen LogP) is 0.750. The number of nitrogens with two attached hydrogens (primary N) is 1. The first-order chi connectivity index (χ1) is 8.08. The fourth-order valence-electron chi connectivity index (χ4n) is 2.29. The highest BCUT2D eigenvalue weighted by atomic mass is 16.5. The number of carbonyl (C=O) groups is 1. The molecular weight excluding hydrogens is 220 g/mol. The van der Waals surface area contributed by atoms with Crippen molar-refractivity contribution in [1.82, 2.24) is 15.2 Å². The van der Waals surface area contributed by atoms with Crippen LogP contribution in [0.25, 0.3) is 0 Å². The van der Waals surface area contributed by atoms with Gasteiger partial charge in [-0.2, -0.15) is 0 Å². The van der Waals surface area contributed by atoms with E-state index in [9.17, 15) is 4.79 Å². The number of nitrogens with one attached hydrogen (secondary N) is 1. The summed E-state index contributed by atoms with van der Waals surface area (Å²) >= 11 is 0. The van der Waals surface area contributed by atoms with Gasteiger partial charge in [-0.3, -0.25) is 5.10 Å². The van der Waals surface area contributed by atoms with E-state index < -0.39 is 5.97 Å². The van der Waals surface area contributed by atoms with Gasteiger partial charge in [-0.05, 0) is 19.8 Å². The molecule has 1 fully saturated rings. The molecule has 1 aliphatic rings. The van der Waals surface area contributed by atoms with Crippen molar-refractivity contribution in [3.63, 3.8) is 0 Å². The summed E-state index contributed by atoms with van der Waals surface area (Å²) < 4.78 is 4.85. The molecule has 3 N–H and O–H groups in total. The van der Waals surface area contributed by atoms with Gasteiger partial charge in [0.05, 0.1) is 6.61 Å². The Kier molecular flexibility index (Phi) is 3.15. The third-order valence-corrected chi connectivity index (χ3v) is 3.51. The van der Waals surface area contributed by atoms with Crippen LogP contribution in [0.3, 0.4) is 0 Å². The average molecular weight is 238 g/mol.